The number of nitrogen functional groups attached to an aromatic ring is 1. The average Bonchev–Trinajstić information content (AvgIpc) is 2.38. The van der Waals surface area contributed by atoms with Gasteiger partial charge in [0, 0.05) is 11.3 Å². The first-order valence-corrected chi connectivity index (χ1v) is 5.46. The SMILES string of the molecule is COc1ccccc1C=Cc1ccc(N)cc1. The summed E-state index contributed by atoms with van der Waals surface area (Å²) in [4.78, 5) is 0. The van der Waals surface area contributed by atoms with Gasteiger partial charge in [-0.1, -0.05) is 42.5 Å². The van der Waals surface area contributed by atoms with E-state index in [1.807, 2.05) is 60.7 Å². The van der Waals surface area contributed by atoms with Crippen molar-refractivity contribution in [2.24, 2.45) is 0 Å². The minimum Gasteiger partial charge on any atom is -0.496 e. The first-order chi connectivity index (χ1) is 8.29. The summed E-state index contributed by atoms with van der Waals surface area (Å²) in [7, 11) is 1.68. The molecule has 17 heavy (non-hydrogen) atoms. The standard InChI is InChI=1S/C15H15NO/c1-17-15-5-3-2-4-13(15)9-6-12-7-10-14(16)11-8-12/h2-11H,16H2,1H3. The van der Waals surface area contributed by atoms with Gasteiger partial charge in [-0.15, -0.1) is 0 Å². The van der Waals surface area contributed by atoms with E-state index in [0.29, 0.717) is 0 Å². The summed E-state index contributed by atoms with van der Waals surface area (Å²) >= 11 is 0. The Kier molecular flexibility index (Phi) is 3.46. The minimum absolute atomic E-state index is 0.777. The topological polar surface area (TPSA) is 35.2 Å². The molecule has 2 nitrogen and oxygen atoms in total. The van der Waals surface area contributed by atoms with Crippen LogP contribution in [0.5, 0.6) is 5.75 Å². The van der Waals surface area contributed by atoms with E-state index < -0.39 is 0 Å². The normalized spacial score (nSPS) is 10.6. The second-order valence-electron chi connectivity index (χ2n) is 3.74. The summed E-state index contributed by atoms with van der Waals surface area (Å²) in [5.74, 6) is 0.874. The maximum atomic E-state index is 5.64. The van der Waals surface area contributed by atoms with E-state index in [-0.39, 0.29) is 0 Å². The zero-order chi connectivity index (χ0) is 12.1. The summed E-state index contributed by atoms with van der Waals surface area (Å²) in [6.45, 7) is 0. The molecule has 0 aliphatic carbocycles. The number of methoxy groups -OCH3 is 1. The summed E-state index contributed by atoms with van der Waals surface area (Å²) in [6, 6.07) is 15.7. The van der Waals surface area contributed by atoms with Gasteiger partial charge in [0.25, 0.3) is 0 Å². The van der Waals surface area contributed by atoms with Crippen LogP contribution in [0.2, 0.25) is 0 Å². The Balaban J connectivity index is 2.22. The Labute approximate surface area is 101 Å². The van der Waals surface area contributed by atoms with Gasteiger partial charge in [-0.05, 0) is 23.8 Å². The number of rotatable bonds is 3. The van der Waals surface area contributed by atoms with Crippen molar-refractivity contribution in [3.63, 3.8) is 0 Å². The molecule has 0 aliphatic heterocycles. The van der Waals surface area contributed by atoms with Gasteiger partial charge < -0.3 is 10.5 Å². The van der Waals surface area contributed by atoms with Crippen LogP contribution in [-0.4, -0.2) is 7.11 Å². The molecule has 0 bridgehead atoms. The molecule has 0 spiro atoms. The third-order valence-corrected chi connectivity index (χ3v) is 2.53. The van der Waals surface area contributed by atoms with Gasteiger partial charge in [-0.2, -0.15) is 0 Å². The molecule has 0 aromatic heterocycles. The second kappa shape index (κ2) is 5.21. The molecule has 2 aromatic carbocycles. The van der Waals surface area contributed by atoms with Crippen molar-refractivity contribution in [1.82, 2.24) is 0 Å². The molecule has 2 heteroatoms. The fraction of sp³-hybridized carbons (Fsp3) is 0.0667. The molecule has 0 heterocycles. The van der Waals surface area contributed by atoms with Crippen molar-refractivity contribution < 1.29 is 4.74 Å². The smallest absolute Gasteiger partial charge is 0.126 e. The maximum absolute atomic E-state index is 5.64. The Morgan fingerprint density at radius 3 is 2.35 bits per heavy atom. The predicted octanol–water partition coefficient (Wildman–Crippen LogP) is 3.45. The predicted molar refractivity (Wildman–Crippen MR) is 72.8 cm³/mol. The molecular formula is C15H15NO. The lowest BCUT2D eigenvalue weighted by molar-refractivity contribution is 0.414. The van der Waals surface area contributed by atoms with E-state index in [0.717, 1.165) is 22.6 Å². The van der Waals surface area contributed by atoms with Gasteiger partial charge >= 0.3 is 0 Å². The number of para-hydroxylation sites is 1. The van der Waals surface area contributed by atoms with Gasteiger partial charge in [0.2, 0.25) is 0 Å². The Morgan fingerprint density at radius 2 is 1.65 bits per heavy atom. The molecule has 2 aromatic rings. The summed E-state index contributed by atoms with van der Waals surface area (Å²) in [5, 5.41) is 0. The summed E-state index contributed by atoms with van der Waals surface area (Å²) < 4.78 is 5.28. The minimum atomic E-state index is 0.777. The first-order valence-electron chi connectivity index (χ1n) is 5.46. The molecule has 2 N–H and O–H groups in total. The van der Waals surface area contributed by atoms with Crippen LogP contribution in [0.15, 0.2) is 48.5 Å². The van der Waals surface area contributed by atoms with E-state index in [1.165, 1.54) is 0 Å². The lowest BCUT2D eigenvalue weighted by atomic mass is 10.1. The number of benzene rings is 2. The lowest BCUT2D eigenvalue weighted by Crippen LogP contribution is -1.85. The van der Waals surface area contributed by atoms with Crippen LogP contribution in [0.4, 0.5) is 5.69 Å². The second-order valence-corrected chi connectivity index (χ2v) is 3.74. The zero-order valence-electron chi connectivity index (χ0n) is 9.76. The summed E-state index contributed by atoms with van der Waals surface area (Å²) in [5.41, 5.74) is 8.59. The summed E-state index contributed by atoms with van der Waals surface area (Å²) in [6.07, 6.45) is 4.07. The molecule has 0 fully saturated rings. The van der Waals surface area contributed by atoms with E-state index in [2.05, 4.69) is 0 Å². The highest BCUT2D eigenvalue weighted by Gasteiger charge is 1.96. The maximum Gasteiger partial charge on any atom is 0.126 e. The van der Waals surface area contributed by atoms with Gasteiger partial charge in [-0.3, -0.25) is 0 Å². The Bertz CT molecular complexity index is 515. The van der Waals surface area contributed by atoms with Crippen molar-refractivity contribution in [3.05, 3.63) is 59.7 Å². The fourth-order valence-corrected chi connectivity index (χ4v) is 1.60. The van der Waals surface area contributed by atoms with Gasteiger partial charge in [0.15, 0.2) is 0 Å². The molecule has 0 amide bonds. The number of anilines is 1. The van der Waals surface area contributed by atoms with Gasteiger partial charge in [0.1, 0.15) is 5.75 Å². The van der Waals surface area contributed by atoms with Crippen LogP contribution in [-0.2, 0) is 0 Å². The van der Waals surface area contributed by atoms with Crippen LogP contribution in [0, 0.1) is 0 Å². The first kappa shape index (κ1) is 11.3. The fourth-order valence-electron chi connectivity index (χ4n) is 1.60. The van der Waals surface area contributed by atoms with Crippen molar-refractivity contribution in [2.75, 3.05) is 12.8 Å². The van der Waals surface area contributed by atoms with Crippen molar-refractivity contribution in [3.8, 4) is 5.75 Å². The van der Waals surface area contributed by atoms with Crippen LogP contribution < -0.4 is 10.5 Å². The van der Waals surface area contributed by atoms with E-state index in [4.69, 9.17) is 10.5 Å². The number of ether oxygens (including phenoxy) is 1. The number of nitrogens with two attached hydrogens (primary N) is 1. The van der Waals surface area contributed by atoms with Crippen molar-refractivity contribution in [2.45, 2.75) is 0 Å². The molecule has 0 aliphatic rings. The van der Waals surface area contributed by atoms with Gasteiger partial charge in [-0.25, -0.2) is 0 Å². The molecule has 0 atom stereocenters. The Hall–Kier alpha value is -2.22. The highest BCUT2D eigenvalue weighted by molar-refractivity contribution is 5.72. The van der Waals surface area contributed by atoms with Crippen LogP contribution >= 0.6 is 0 Å². The van der Waals surface area contributed by atoms with Crippen molar-refractivity contribution in [1.29, 1.82) is 0 Å². The zero-order valence-corrected chi connectivity index (χ0v) is 9.76. The lowest BCUT2D eigenvalue weighted by Gasteiger charge is -2.03. The largest absolute Gasteiger partial charge is 0.496 e. The quantitative estimate of drug-likeness (QED) is 0.641. The molecule has 2 rings (SSSR count). The molecule has 0 saturated carbocycles. The van der Waals surface area contributed by atoms with Crippen molar-refractivity contribution >= 4 is 17.8 Å². The Morgan fingerprint density at radius 1 is 0.941 bits per heavy atom. The highest BCUT2D eigenvalue weighted by atomic mass is 16.5. The molecule has 0 radical (unpaired) electrons. The highest BCUT2D eigenvalue weighted by Crippen LogP contribution is 2.20. The third-order valence-electron chi connectivity index (χ3n) is 2.53. The molecule has 0 saturated heterocycles. The van der Waals surface area contributed by atoms with E-state index in [1.54, 1.807) is 7.11 Å². The number of hydrogen-bond acceptors (Lipinski definition) is 2. The van der Waals surface area contributed by atoms with Crippen LogP contribution in [0.1, 0.15) is 11.1 Å². The van der Waals surface area contributed by atoms with E-state index in [9.17, 15) is 0 Å². The molecule has 86 valence electrons. The average molecular weight is 225 g/mol. The van der Waals surface area contributed by atoms with Gasteiger partial charge in [0.05, 0.1) is 7.11 Å². The van der Waals surface area contributed by atoms with Crippen LogP contribution in [0.25, 0.3) is 12.2 Å². The molecular weight excluding hydrogens is 210 g/mol. The van der Waals surface area contributed by atoms with Crippen LogP contribution in [0.3, 0.4) is 0 Å². The number of hydrogen-bond donors (Lipinski definition) is 1. The monoisotopic (exact) mass is 225 g/mol. The molecule has 0 unspecified atom stereocenters. The third kappa shape index (κ3) is 2.88. The van der Waals surface area contributed by atoms with E-state index >= 15 is 0 Å².